The molecular formula is C25H27BrN4O2S. The third-order valence-electron chi connectivity index (χ3n) is 4.92. The zero-order valence-electron chi connectivity index (χ0n) is 18.7. The number of ketones is 1. The van der Waals surface area contributed by atoms with E-state index in [1.165, 1.54) is 11.8 Å². The normalized spacial score (nSPS) is 11.9. The first-order valence-electron chi connectivity index (χ1n) is 10.7. The van der Waals surface area contributed by atoms with Crippen molar-refractivity contribution in [3.05, 3.63) is 88.7 Å². The van der Waals surface area contributed by atoms with Gasteiger partial charge in [-0.15, -0.1) is 16.8 Å². The Morgan fingerprint density at radius 1 is 1.09 bits per heavy atom. The lowest BCUT2D eigenvalue weighted by Crippen LogP contribution is -2.31. The number of nitrogens with zero attached hydrogens (tertiary/aromatic N) is 3. The Hall–Kier alpha value is -2.71. The van der Waals surface area contributed by atoms with Gasteiger partial charge in [0.05, 0.1) is 11.8 Å². The van der Waals surface area contributed by atoms with Gasteiger partial charge in [-0.05, 0) is 36.6 Å². The minimum atomic E-state index is -0.318. The Kier molecular flexibility index (Phi) is 9.03. The number of thioether (sulfide) groups is 1. The summed E-state index contributed by atoms with van der Waals surface area (Å²) in [5.74, 6) is 1.08. The number of nitrogens with one attached hydrogen (secondary N) is 1. The van der Waals surface area contributed by atoms with Crippen molar-refractivity contribution in [2.75, 3.05) is 5.75 Å². The quantitative estimate of drug-likeness (QED) is 0.196. The van der Waals surface area contributed by atoms with Crippen molar-refractivity contribution >= 4 is 39.4 Å². The van der Waals surface area contributed by atoms with Gasteiger partial charge in [0.15, 0.2) is 16.8 Å². The van der Waals surface area contributed by atoms with Crippen molar-refractivity contribution in [1.82, 2.24) is 20.1 Å². The zero-order valence-corrected chi connectivity index (χ0v) is 21.1. The molecule has 0 aliphatic carbocycles. The molecule has 0 saturated heterocycles. The second-order valence-corrected chi connectivity index (χ2v) is 9.84. The Balaban J connectivity index is 1.80. The minimum absolute atomic E-state index is 0.0123. The number of aromatic nitrogens is 3. The molecule has 3 aromatic rings. The maximum absolute atomic E-state index is 12.8. The number of allylic oxidation sites excluding steroid dienone is 1. The van der Waals surface area contributed by atoms with Crippen LogP contribution >= 0.6 is 27.7 Å². The summed E-state index contributed by atoms with van der Waals surface area (Å²) >= 11 is 4.72. The van der Waals surface area contributed by atoms with Crippen molar-refractivity contribution < 1.29 is 9.59 Å². The van der Waals surface area contributed by atoms with Gasteiger partial charge in [0.25, 0.3) is 5.91 Å². The molecule has 1 amide bonds. The molecule has 1 N–H and O–H groups in total. The molecule has 8 heteroatoms. The SMILES string of the molecule is C=CCn1c(SCC(=O)c2ccc(Br)cc2)nnc1C(CC(C)C)NC(=O)c1ccccc1. The number of carbonyl (C=O) groups excluding carboxylic acids is 2. The number of halogens is 1. The van der Waals surface area contributed by atoms with Crippen LogP contribution in [-0.4, -0.2) is 32.2 Å². The van der Waals surface area contributed by atoms with E-state index >= 15 is 0 Å². The first-order chi connectivity index (χ1) is 15.9. The lowest BCUT2D eigenvalue weighted by atomic mass is 10.0. The van der Waals surface area contributed by atoms with Crippen LogP contribution in [0.3, 0.4) is 0 Å². The monoisotopic (exact) mass is 526 g/mol. The number of hydrogen-bond donors (Lipinski definition) is 1. The van der Waals surface area contributed by atoms with Gasteiger partial charge in [-0.2, -0.15) is 0 Å². The Morgan fingerprint density at radius 2 is 1.79 bits per heavy atom. The summed E-state index contributed by atoms with van der Waals surface area (Å²) in [7, 11) is 0. The van der Waals surface area contributed by atoms with Gasteiger partial charge < -0.3 is 9.88 Å². The van der Waals surface area contributed by atoms with E-state index in [0.29, 0.717) is 41.0 Å². The first kappa shape index (κ1) is 24.9. The van der Waals surface area contributed by atoms with Crippen LogP contribution in [0.5, 0.6) is 0 Å². The molecule has 0 radical (unpaired) electrons. The number of hydrogen-bond acceptors (Lipinski definition) is 5. The number of carbonyl (C=O) groups is 2. The van der Waals surface area contributed by atoms with E-state index in [0.717, 1.165) is 4.47 Å². The maximum atomic E-state index is 12.8. The molecule has 0 spiro atoms. The summed E-state index contributed by atoms with van der Waals surface area (Å²) in [5.41, 5.74) is 1.24. The fourth-order valence-electron chi connectivity index (χ4n) is 3.35. The predicted octanol–water partition coefficient (Wildman–Crippen LogP) is 5.72. The van der Waals surface area contributed by atoms with Crippen molar-refractivity contribution in [2.45, 2.75) is 38.0 Å². The van der Waals surface area contributed by atoms with Gasteiger partial charge in [-0.25, -0.2) is 0 Å². The third kappa shape index (κ3) is 6.88. The fourth-order valence-corrected chi connectivity index (χ4v) is 4.46. The predicted molar refractivity (Wildman–Crippen MR) is 136 cm³/mol. The maximum Gasteiger partial charge on any atom is 0.251 e. The molecule has 3 rings (SSSR count). The van der Waals surface area contributed by atoms with Crippen LogP contribution in [0.15, 0.2) is 76.9 Å². The smallest absolute Gasteiger partial charge is 0.251 e. The molecule has 0 saturated carbocycles. The highest BCUT2D eigenvalue weighted by Crippen LogP contribution is 2.26. The molecule has 0 fully saturated rings. The molecule has 1 aromatic heterocycles. The Bertz CT molecular complexity index is 1100. The highest BCUT2D eigenvalue weighted by molar-refractivity contribution is 9.10. The summed E-state index contributed by atoms with van der Waals surface area (Å²) in [5, 5.41) is 12.5. The Labute approximate surface area is 207 Å². The molecule has 6 nitrogen and oxygen atoms in total. The number of Topliss-reactive ketones (excluding diaryl/α,β-unsaturated/α-hetero) is 1. The summed E-state index contributed by atoms with van der Waals surface area (Å²) < 4.78 is 2.85. The lowest BCUT2D eigenvalue weighted by Gasteiger charge is -2.21. The fraction of sp³-hybridized carbons (Fsp3) is 0.280. The van der Waals surface area contributed by atoms with E-state index in [1.807, 2.05) is 34.9 Å². The van der Waals surface area contributed by atoms with Crippen LogP contribution < -0.4 is 5.32 Å². The summed E-state index contributed by atoms with van der Waals surface area (Å²) in [6.45, 7) is 8.53. The second kappa shape index (κ2) is 12.0. The van der Waals surface area contributed by atoms with E-state index in [1.54, 1.807) is 30.3 Å². The number of rotatable bonds is 11. The molecule has 1 atom stereocenters. The van der Waals surface area contributed by atoms with Crippen molar-refractivity contribution in [3.8, 4) is 0 Å². The van der Waals surface area contributed by atoms with Gasteiger partial charge in [-0.1, -0.05) is 77.9 Å². The van der Waals surface area contributed by atoms with Crippen molar-refractivity contribution in [3.63, 3.8) is 0 Å². The van der Waals surface area contributed by atoms with E-state index in [4.69, 9.17) is 0 Å². The molecule has 1 unspecified atom stereocenters. The molecule has 172 valence electrons. The van der Waals surface area contributed by atoms with E-state index < -0.39 is 0 Å². The third-order valence-corrected chi connectivity index (χ3v) is 6.41. The highest BCUT2D eigenvalue weighted by atomic mass is 79.9. The number of amides is 1. The van der Waals surface area contributed by atoms with Gasteiger partial charge in [0.1, 0.15) is 0 Å². The van der Waals surface area contributed by atoms with E-state index in [-0.39, 0.29) is 23.5 Å². The van der Waals surface area contributed by atoms with Gasteiger partial charge in [0, 0.05) is 22.1 Å². The van der Waals surface area contributed by atoms with Crippen LogP contribution in [0.1, 0.15) is 52.9 Å². The van der Waals surface area contributed by atoms with Crippen LogP contribution in [0.2, 0.25) is 0 Å². The molecule has 1 heterocycles. The Morgan fingerprint density at radius 3 is 2.42 bits per heavy atom. The molecule has 33 heavy (non-hydrogen) atoms. The first-order valence-corrected chi connectivity index (χ1v) is 12.5. The molecule has 2 aromatic carbocycles. The van der Waals surface area contributed by atoms with Gasteiger partial charge in [-0.3, -0.25) is 9.59 Å². The molecular weight excluding hydrogens is 500 g/mol. The summed E-state index contributed by atoms with van der Waals surface area (Å²) in [6, 6.07) is 16.1. The summed E-state index contributed by atoms with van der Waals surface area (Å²) in [4.78, 5) is 25.5. The topological polar surface area (TPSA) is 76.9 Å². The zero-order chi connectivity index (χ0) is 23.8. The van der Waals surface area contributed by atoms with Gasteiger partial charge in [0.2, 0.25) is 0 Å². The average molecular weight is 527 g/mol. The van der Waals surface area contributed by atoms with Crippen molar-refractivity contribution in [2.24, 2.45) is 5.92 Å². The number of benzene rings is 2. The lowest BCUT2D eigenvalue weighted by molar-refractivity contribution is 0.0928. The minimum Gasteiger partial charge on any atom is -0.342 e. The van der Waals surface area contributed by atoms with Crippen LogP contribution in [-0.2, 0) is 6.54 Å². The largest absolute Gasteiger partial charge is 0.342 e. The molecule has 0 aliphatic heterocycles. The van der Waals surface area contributed by atoms with Gasteiger partial charge >= 0.3 is 0 Å². The van der Waals surface area contributed by atoms with Crippen LogP contribution in [0, 0.1) is 5.92 Å². The van der Waals surface area contributed by atoms with E-state index in [2.05, 4.69) is 51.9 Å². The second-order valence-electron chi connectivity index (χ2n) is 7.98. The summed E-state index contributed by atoms with van der Waals surface area (Å²) in [6.07, 6.45) is 2.47. The van der Waals surface area contributed by atoms with Crippen LogP contribution in [0.25, 0.3) is 0 Å². The van der Waals surface area contributed by atoms with Crippen LogP contribution in [0.4, 0.5) is 0 Å². The van der Waals surface area contributed by atoms with E-state index in [9.17, 15) is 9.59 Å². The molecule has 0 bridgehead atoms. The standard InChI is InChI=1S/C25H27BrN4O2S/c1-4-14-30-23(21(15-17(2)3)27-24(32)19-8-6-5-7-9-19)28-29-25(30)33-16-22(31)18-10-12-20(26)13-11-18/h4-13,17,21H,1,14-16H2,2-3H3,(H,27,32). The highest BCUT2D eigenvalue weighted by Gasteiger charge is 2.24. The average Bonchev–Trinajstić information content (AvgIpc) is 3.20. The molecule has 0 aliphatic rings. The van der Waals surface area contributed by atoms with Crippen molar-refractivity contribution in [1.29, 1.82) is 0 Å².